The van der Waals surface area contributed by atoms with E-state index in [1.54, 1.807) is 35.2 Å². The summed E-state index contributed by atoms with van der Waals surface area (Å²) in [5.74, 6) is 0.910. The molecule has 39 heavy (non-hydrogen) atoms. The second-order valence-corrected chi connectivity index (χ2v) is 8.98. The van der Waals surface area contributed by atoms with E-state index < -0.39 is 5.91 Å². The molecule has 0 aliphatic heterocycles. The van der Waals surface area contributed by atoms with Crippen molar-refractivity contribution in [2.75, 3.05) is 6.61 Å². The Morgan fingerprint density at radius 1 is 0.846 bits per heavy atom. The Kier molecular flexibility index (Phi) is 8.31. The highest BCUT2D eigenvalue weighted by atomic mass is 35.5. The molecule has 4 aromatic carbocycles. The number of ether oxygens (including phenoxy) is 2. The molecule has 8 heteroatoms. The minimum absolute atomic E-state index is 0.181. The molecule has 0 saturated carbocycles. The quantitative estimate of drug-likeness (QED) is 0.168. The summed E-state index contributed by atoms with van der Waals surface area (Å²) in [6, 6.07) is 34.3. The van der Waals surface area contributed by atoms with Gasteiger partial charge in [0.15, 0.2) is 6.61 Å². The van der Waals surface area contributed by atoms with E-state index in [4.69, 9.17) is 26.2 Å². The average molecular weight is 537 g/mol. The van der Waals surface area contributed by atoms with Gasteiger partial charge in [-0.2, -0.15) is 10.2 Å². The lowest BCUT2D eigenvalue weighted by Gasteiger charge is -2.07. The summed E-state index contributed by atoms with van der Waals surface area (Å²) in [5, 5.41) is 9.52. The van der Waals surface area contributed by atoms with Gasteiger partial charge in [-0.3, -0.25) is 4.79 Å². The summed E-state index contributed by atoms with van der Waals surface area (Å²) in [5.41, 5.74) is 6.84. The maximum atomic E-state index is 12.2. The molecule has 5 rings (SSSR count). The molecule has 194 valence electrons. The number of para-hydroxylation sites is 1. The van der Waals surface area contributed by atoms with Crippen molar-refractivity contribution in [2.45, 2.75) is 6.61 Å². The smallest absolute Gasteiger partial charge is 0.277 e. The van der Waals surface area contributed by atoms with Crippen LogP contribution in [0.1, 0.15) is 11.1 Å². The van der Waals surface area contributed by atoms with Crippen LogP contribution in [0.3, 0.4) is 0 Å². The number of nitrogens with zero attached hydrogens (tertiary/aromatic N) is 3. The van der Waals surface area contributed by atoms with Crippen molar-refractivity contribution in [3.8, 4) is 28.4 Å². The van der Waals surface area contributed by atoms with Crippen LogP contribution in [-0.2, 0) is 11.4 Å². The van der Waals surface area contributed by atoms with Crippen molar-refractivity contribution in [1.82, 2.24) is 15.2 Å². The highest BCUT2D eigenvalue weighted by Crippen LogP contribution is 2.25. The number of hydrogen-bond acceptors (Lipinski definition) is 5. The fourth-order valence-electron chi connectivity index (χ4n) is 3.75. The van der Waals surface area contributed by atoms with E-state index in [2.05, 4.69) is 10.5 Å². The number of carbonyl (C=O) groups is 1. The Morgan fingerprint density at radius 2 is 1.49 bits per heavy atom. The monoisotopic (exact) mass is 536 g/mol. The van der Waals surface area contributed by atoms with Crippen LogP contribution < -0.4 is 14.9 Å². The first-order chi connectivity index (χ1) is 19.1. The standard InChI is InChI=1S/C31H25ClN4O3/c32-26-13-17-29(18-14-26)39-22-30(37)34-33-19-25-20-36(27-9-5-2-6-10-27)35-31(25)24-11-15-28(16-12-24)38-21-23-7-3-1-4-8-23/h1-20H,21-22H2,(H,34,37)/b33-19+. The van der Waals surface area contributed by atoms with Crippen molar-refractivity contribution in [3.05, 3.63) is 132 Å². The molecule has 0 unspecified atom stereocenters. The Bertz CT molecular complexity index is 1540. The third-order valence-electron chi connectivity index (χ3n) is 5.72. The third-order valence-corrected chi connectivity index (χ3v) is 5.97. The first-order valence-corrected chi connectivity index (χ1v) is 12.6. The lowest BCUT2D eigenvalue weighted by Crippen LogP contribution is -2.24. The number of benzene rings is 4. The molecule has 0 saturated heterocycles. The van der Waals surface area contributed by atoms with E-state index in [0.29, 0.717) is 23.1 Å². The van der Waals surface area contributed by atoms with Crippen LogP contribution in [-0.4, -0.2) is 28.5 Å². The molecule has 0 fully saturated rings. The predicted octanol–water partition coefficient (Wildman–Crippen LogP) is 6.30. The Hall–Kier alpha value is -4.88. The van der Waals surface area contributed by atoms with Gasteiger partial charge in [-0.15, -0.1) is 0 Å². The van der Waals surface area contributed by atoms with Crippen molar-refractivity contribution in [2.24, 2.45) is 5.10 Å². The van der Waals surface area contributed by atoms with Gasteiger partial charge in [0.1, 0.15) is 23.8 Å². The van der Waals surface area contributed by atoms with Gasteiger partial charge in [0.05, 0.1) is 11.9 Å². The minimum atomic E-state index is -0.391. The number of aromatic nitrogens is 2. The Morgan fingerprint density at radius 3 is 2.21 bits per heavy atom. The van der Waals surface area contributed by atoms with Gasteiger partial charge in [-0.1, -0.05) is 60.1 Å². The van der Waals surface area contributed by atoms with Crippen LogP contribution in [0.25, 0.3) is 16.9 Å². The highest BCUT2D eigenvalue weighted by molar-refractivity contribution is 6.30. The van der Waals surface area contributed by atoms with Crippen LogP contribution in [0, 0.1) is 0 Å². The van der Waals surface area contributed by atoms with Crippen molar-refractivity contribution < 1.29 is 14.3 Å². The molecule has 0 spiro atoms. The van der Waals surface area contributed by atoms with E-state index in [1.807, 2.05) is 91.1 Å². The van der Waals surface area contributed by atoms with Gasteiger partial charge in [0.25, 0.3) is 5.91 Å². The molecular formula is C31H25ClN4O3. The number of amides is 1. The van der Waals surface area contributed by atoms with E-state index in [9.17, 15) is 4.79 Å². The molecule has 1 aromatic heterocycles. The lowest BCUT2D eigenvalue weighted by atomic mass is 10.1. The molecule has 0 bridgehead atoms. The minimum Gasteiger partial charge on any atom is -0.489 e. The molecule has 1 N–H and O–H groups in total. The number of hydrogen-bond donors (Lipinski definition) is 1. The van der Waals surface area contributed by atoms with Crippen LogP contribution in [0.5, 0.6) is 11.5 Å². The summed E-state index contributed by atoms with van der Waals surface area (Å²) in [7, 11) is 0. The number of carbonyl (C=O) groups excluding carboxylic acids is 1. The topological polar surface area (TPSA) is 77.7 Å². The molecule has 1 heterocycles. The first kappa shape index (κ1) is 25.8. The molecule has 0 atom stereocenters. The molecule has 0 aliphatic carbocycles. The first-order valence-electron chi connectivity index (χ1n) is 12.3. The van der Waals surface area contributed by atoms with E-state index in [-0.39, 0.29) is 6.61 Å². The van der Waals surface area contributed by atoms with Gasteiger partial charge in [-0.25, -0.2) is 10.1 Å². The molecule has 1 amide bonds. The number of halogens is 1. The highest BCUT2D eigenvalue weighted by Gasteiger charge is 2.12. The molecule has 5 aromatic rings. The Labute approximate surface area is 231 Å². The van der Waals surface area contributed by atoms with Crippen molar-refractivity contribution in [3.63, 3.8) is 0 Å². The third kappa shape index (κ3) is 7.12. The van der Waals surface area contributed by atoms with Gasteiger partial charge < -0.3 is 9.47 Å². The lowest BCUT2D eigenvalue weighted by molar-refractivity contribution is -0.123. The number of hydrazone groups is 1. The van der Waals surface area contributed by atoms with Crippen molar-refractivity contribution in [1.29, 1.82) is 0 Å². The number of rotatable bonds is 10. The summed E-state index contributed by atoms with van der Waals surface area (Å²) in [6.07, 6.45) is 3.44. The van der Waals surface area contributed by atoms with Gasteiger partial charge in [0, 0.05) is 22.3 Å². The predicted molar refractivity (Wildman–Crippen MR) is 152 cm³/mol. The second-order valence-electron chi connectivity index (χ2n) is 8.55. The summed E-state index contributed by atoms with van der Waals surface area (Å²) in [4.78, 5) is 12.2. The molecule has 0 radical (unpaired) electrons. The SMILES string of the molecule is O=C(COc1ccc(Cl)cc1)N/N=C/c1cn(-c2ccccc2)nc1-c1ccc(OCc2ccccc2)cc1. The van der Waals surface area contributed by atoms with Gasteiger partial charge >= 0.3 is 0 Å². The van der Waals surface area contributed by atoms with E-state index >= 15 is 0 Å². The summed E-state index contributed by atoms with van der Waals surface area (Å²) in [6.45, 7) is 0.307. The zero-order valence-corrected chi connectivity index (χ0v) is 21.7. The molecular weight excluding hydrogens is 512 g/mol. The maximum absolute atomic E-state index is 12.2. The summed E-state index contributed by atoms with van der Waals surface area (Å²) >= 11 is 5.88. The van der Waals surface area contributed by atoms with Crippen LogP contribution in [0.2, 0.25) is 5.02 Å². The maximum Gasteiger partial charge on any atom is 0.277 e. The summed E-state index contributed by atoms with van der Waals surface area (Å²) < 4.78 is 13.2. The largest absolute Gasteiger partial charge is 0.489 e. The number of nitrogens with one attached hydrogen (secondary N) is 1. The Balaban J connectivity index is 1.29. The second kappa shape index (κ2) is 12.6. The zero-order chi connectivity index (χ0) is 26.9. The van der Waals surface area contributed by atoms with Gasteiger partial charge in [-0.05, 0) is 66.2 Å². The zero-order valence-electron chi connectivity index (χ0n) is 20.9. The van der Waals surface area contributed by atoms with Crippen LogP contribution >= 0.6 is 11.6 Å². The van der Waals surface area contributed by atoms with Crippen LogP contribution in [0.4, 0.5) is 0 Å². The van der Waals surface area contributed by atoms with Crippen molar-refractivity contribution >= 4 is 23.7 Å². The van der Waals surface area contributed by atoms with Gasteiger partial charge in [0.2, 0.25) is 0 Å². The van der Waals surface area contributed by atoms with E-state index in [1.165, 1.54) is 0 Å². The fourth-order valence-corrected chi connectivity index (χ4v) is 3.88. The van der Waals surface area contributed by atoms with E-state index in [0.717, 1.165) is 28.1 Å². The van der Waals surface area contributed by atoms with Crippen LogP contribution in [0.15, 0.2) is 120 Å². The fraction of sp³-hybridized carbons (Fsp3) is 0.0645. The molecule has 0 aliphatic rings. The average Bonchev–Trinajstić information content (AvgIpc) is 3.41. The normalized spacial score (nSPS) is 10.9. The molecule has 7 nitrogen and oxygen atoms in total.